The second kappa shape index (κ2) is 6.64. The summed E-state index contributed by atoms with van der Waals surface area (Å²) in [5.74, 6) is 0.372. The standard InChI is InChI=1S/C18H15N7O2/c19-18-20-7-6-15(23-18)21-11-4-5-14-13(9-11)16(25-24-14)17(27)22-10-2-1-3-12(26)8-10/h1-9,26H,(H,22,27)(H,24,25)(H3,19,20,21,23). The highest BCUT2D eigenvalue weighted by Crippen LogP contribution is 2.24. The number of H-pyrrole nitrogens is 1. The second-order valence-electron chi connectivity index (χ2n) is 5.76. The maximum absolute atomic E-state index is 12.6. The lowest BCUT2D eigenvalue weighted by Gasteiger charge is -2.07. The molecule has 4 aromatic rings. The van der Waals surface area contributed by atoms with E-state index in [0.717, 1.165) is 0 Å². The van der Waals surface area contributed by atoms with Crippen LogP contribution in [0.25, 0.3) is 10.9 Å². The van der Waals surface area contributed by atoms with Crippen LogP contribution in [-0.4, -0.2) is 31.2 Å². The number of nitrogens with zero attached hydrogens (tertiary/aromatic N) is 3. The summed E-state index contributed by atoms with van der Waals surface area (Å²) in [6.07, 6.45) is 1.55. The number of benzene rings is 2. The van der Waals surface area contributed by atoms with Crippen molar-refractivity contribution < 1.29 is 9.90 Å². The molecule has 0 saturated heterocycles. The van der Waals surface area contributed by atoms with E-state index in [4.69, 9.17) is 5.73 Å². The number of nitrogens with two attached hydrogens (primary N) is 1. The summed E-state index contributed by atoms with van der Waals surface area (Å²) in [5, 5.41) is 22.9. The number of aromatic nitrogens is 4. The zero-order valence-electron chi connectivity index (χ0n) is 14.0. The van der Waals surface area contributed by atoms with Crippen molar-refractivity contribution in [3.63, 3.8) is 0 Å². The Balaban J connectivity index is 1.62. The van der Waals surface area contributed by atoms with Crippen molar-refractivity contribution in [1.29, 1.82) is 0 Å². The summed E-state index contributed by atoms with van der Waals surface area (Å²) in [7, 11) is 0. The van der Waals surface area contributed by atoms with Crippen molar-refractivity contribution in [3.05, 3.63) is 60.4 Å². The molecule has 2 heterocycles. The number of phenols is 1. The molecule has 9 heteroatoms. The summed E-state index contributed by atoms with van der Waals surface area (Å²) < 4.78 is 0. The number of aromatic amines is 1. The predicted octanol–water partition coefficient (Wildman–Crippen LogP) is 2.64. The number of carbonyl (C=O) groups excluding carboxylic acids is 1. The van der Waals surface area contributed by atoms with Gasteiger partial charge in [-0.2, -0.15) is 10.1 Å². The molecule has 0 spiro atoms. The van der Waals surface area contributed by atoms with Crippen LogP contribution in [0.5, 0.6) is 5.75 Å². The molecule has 0 aliphatic rings. The van der Waals surface area contributed by atoms with Crippen LogP contribution < -0.4 is 16.4 Å². The van der Waals surface area contributed by atoms with Gasteiger partial charge in [-0.1, -0.05) is 6.07 Å². The molecule has 0 aliphatic heterocycles. The number of phenolic OH excluding ortho intramolecular Hbond substituents is 1. The highest BCUT2D eigenvalue weighted by atomic mass is 16.3. The SMILES string of the molecule is Nc1nccc(Nc2ccc3[nH]nc(C(=O)Nc4cccc(O)c4)c3c2)n1. The topological polar surface area (TPSA) is 142 Å². The van der Waals surface area contributed by atoms with Crippen molar-refractivity contribution in [2.75, 3.05) is 16.4 Å². The van der Waals surface area contributed by atoms with E-state index in [1.807, 2.05) is 6.07 Å². The van der Waals surface area contributed by atoms with E-state index < -0.39 is 5.91 Å². The van der Waals surface area contributed by atoms with Crippen LogP contribution >= 0.6 is 0 Å². The van der Waals surface area contributed by atoms with E-state index in [-0.39, 0.29) is 17.4 Å². The molecule has 2 aromatic carbocycles. The number of nitrogens with one attached hydrogen (secondary N) is 3. The molecule has 2 aromatic heterocycles. The zero-order chi connectivity index (χ0) is 18.8. The largest absolute Gasteiger partial charge is 0.508 e. The number of carbonyl (C=O) groups is 1. The first kappa shape index (κ1) is 16.3. The van der Waals surface area contributed by atoms with Crippen molar-refractivity contribution in [2.45, 2.75) is 0 Å². The molecule has 4 rings (SSSR count). The third-order valence-corrected chi connectivity index (χ3v) is 3.83. The zero-order valence-corrected chi connectivity index (χ0v) is 14.0. The van der Waals surface area contributed by atoms with E-state index in [2.05, 4.69) is 30.8 Å². The third-order valence-electron chi connectivity index (χ3n) is 3.83. The first-order chi connectivity index (χ1) is 13.1. The fraction of sp³-hybridized carbons (Fsp3) is 0. The Morgan fingerprint density at radius 1 is 1.11 bits per heavy atom. The fourth-order valence-corrected chi connectivity index (χ4v) is 2.63. The molecular formula is C18H15N7O2. The van der Waals surface area contributed by atoms with E-state index in [1.54, 1.807) is 36.5 Å². The minimum atomic E-state index is -0.393. The van der Waals surface area contributed by atoms with Gasteiger partial charge < -0.3 is 21.5 Å². The maximum atomic E-state index is 12.6. The van der Waals surface area contributed by atoms with E-state index in [9.17, 15) is 9.90 Å². The Labute approximate surface area is 153 Å². The number of aromatic hydroxyl groups is 1. The molecule has 0 unspecified atom stereocenters. The highest BCUT2D eigenvalue weighted by Gasteiger charge is 2.15. The molecule has 0 fully saturated rings. The lowest BCUT2D eigenvalue weighted by molar-refractivity contribution is 0.102. The van der Waals surface area contributed by atoms with Crippen molar-refractivity contribution >= 4 is 40.0 Å². The number of nitrogen functional groups attached to an aromatic ring is 1. The van der Waals surface area contributed by atoms with Crippen LogP contribution in [0.1, 0.15) is 10.5 Å². The predicted molar refractivity (Wildman–Crippen MR) is 102 cm³/mol. The average Bonchev–Trinajstić information content (AvgIpc) is 3.05. The number of hydrogen-bond acceptors (Lipinski definition) is 7. The van der Waals surface area contributed by atoms with Crippen molar-refractivity contribution in [1.82, 2.24) is 20.2 Å². The summed E-state index contributed by atoms with van der Waals surface area (Å²) in [6, 6.07) is 13.4. The second-order valence-corrected chi connectivity index (χ2v) is 5.76. The minimum Gasteiger partial charge on any atom is -0.508 e. The first-order valence-electron chi connectivity index (χ1n) is 8.02. The van der Waals surface area contributed by atoms with Crippen LogP contribution in [0.2, 0.25) is 0 Å². The van der Waals surface area contributed by atoms with Crippen LogP contribution in [0.15, 0.2) is 54.7 Å². The third kappa shape index (κ3) is 3.47. The van der Waals surface area contributed by atoms with Crippen LogP contribution in [0, 0.1) is 0 Å². The Bertz CT molecular complexity index is 1140. The van der Waals surface area contributed by atoms with Gasteiger partial charge in [0.1, 0.15) is 11.6 Å². The number of fused-ring (bicyclic) bond motifs is 1. The van der Waals surface area contributed by atoms with E-state index in [1.165, 1.54) is 12.1 Å². The Morgan fingerprint density at radius 2 is 2.00 bits per heavy atom. The maximum Gasteiger partial charge on any atom is 0.276 e. The molecular weight excluding hydrogens is 346 g/mol. The van der Waals surface area contributed by atoms with Gasteiger partial charge in [-0.3, -0.25) is 9.89 Å². The quantitative estimate of drug-likeness (QED) is 0.376. The Morgan fingerprint density at radius 3 is 2.81 bits per heavy atom. The molecule has 0 bridgehead atoms. The molecule has 0 atom stereocenters. The normalized spacial score (nSPS) is 10.7. The summed E-state index contributed by atoms with van der Waals surface area (Å²) >= 11 is 0. The van der Waals surface area contributed by atoms with Gasteiger partial charge in [-0.15, -0.1) is 0 Å². The molecule has 1 amide bonds. The number of hydrogen-bond donors (Lipinski definition) is 5. The molecule has 27 heavy (non-hydrogen) atoms. The van der Waals surface area contributed by atoms with Gasteiger partial charge in [-0.05, 0) is 36.4 Å². The van der Waals surface area contributed by atoms with E-state index in [0.29, 0.717) is 28.1 Å². The van der Waals surface area contributed by atoms with Gasteiger partial charge in [0.15, 0.2) is 5.69 Å². The highest BCUT2D eigenvalue weighted by molar-refractivity contribution is 6.11. The number of rotatable bonds is 4. The van der Waals surface area contributed by atoms with Gasteiger partial charge in [0.25, 0.3) is 5.91 Å². The van der Waals surface area contributed by atoms with E-state index >= 15 is 0 Å². The fourth-order valence-electron chi connectivity index (χ4n) is 2.63. The lowest BCUT2D eigenvalue weighted by atomic mass is 10.1. The molecule has 6 N–H and O–H groups in total. The first-order valence-corrected chi connectivity index (χ1v) is 8.02. The minimum absolute atomic E-state index is 0.0651. The van der Waals surface area contributed by atoms with Gasteiger partial charge in [-0.25, -0.2) is 4.98 Å². The van der Waals surface area contributed by atoms with Gasteiger partial charge in [0.2, 0.25) is 5.95 Å². The van der Waals surface area contributed by atoms with Crippen molar-refractivity contribution in [2.24, 2.45) is 0 Å². The van der Waals surface area contributed by atoms with Gasteiger partial charge in [0.05, 0.1) is 5.52 Å². The molecule has 9 nitrogen and oxygen atoms in total. The van der Waals surface area contributed by atoms with Gasteiger partial charge >= 0.3 is 0 Å². The Hall–Kier alpha value is -4.14. The smallest absolute Gasteiger partial charge is 0.276 e. The van der Waals surface area contributed by atoms with Gasteiger partial charge in [0, 0.05) is 29.0 Å². The van der Waals surface area contributed by atoms with Crippen LogP contribution in [0.4, 0.5) is 23.1 Å². The molecule has 0 radical (unpaired) electrons. The molecule has 0 aliphatic carbocycles. The number of anilines is 4. The van der Waals surface area contributed by atoms with Crippen molar-refractivity contribution in [3.8, 4) is 5.75 Å². The molecule has 134 valence electrons. The summed E-state index contributed by atoms with van der Waals surface area (Å²) in [5.41, 5.74) is 7.72. The monoisotopic (exact) mass is 361 g/mol. The number of amides is 1. The van der Waals surface area contributed by atoms with Crippen LogP contribution in [0.3, 0.4) is 0 Å². The summed E-state index contributed by atoms with van der Waals surface area (Å²) in [4.78, 5) is 20.5. The average molecular weight is 361 g/mol. The summed E-state index contributed by atoms with van der Waals surface area (Å²) in [6.45, 7) is 0. The molecule has 0 saturated carbocycles. The lowest BCUT2D eigenvalue weighted by Crippen LogP contribution is -2.12. The Kier molecular flexibility index (Phi) is 4.01. The van der Waals surface area contributed by atoms with Crippen LogP contribution in [-0.2, 0) is 0 Å².